The molecular weight excluding hydrogens is 428 g/mol. The zero-order valence-electron chi connectivity index (χ0n) is 20.3. The van der Waals surface area contributed by atoms with Gasteiger partial charge in [0.2, 0.25) is 0 Å². The highest BCUT2D eigenvalue weighted by molar-refractivity contribution is 7.89. The van der Waals surface area contributed by atoms with E-state index in [1.165, 1.54) is 26.6 Å². The fourth-order valence-corrected chi connectivity index (χ4v) is 5.88. The summed E-state index contributed by atoms with van der Waals surface area (Å²) in [5.74, 6) is 0. The first-order valence-electron chi connectivity index (χ1n) is 11.7. The molecule has 0 N–H and O–H groups in total. The van der Waals surface area contributed by atoms with E-state index in [0.29, 0.717) is 0 Å². The number of allylic oxidation sites excluding steroid dienone is 4. The average Bonchev–Trinajstić information content (AvgIpc) is 3.00. The van der Waals surface area contributed by atoms with Crippen LogP contribution in [-0.4, -0.2) is 30.8 Å². The first kappa shape index (κ1) is 23.7. The molecule has 1 atom stereocenters. The topological polar surface area (TPSA) is 50.3 Å². The van der Waals surface area contributed by atoms with Crippen LogP contribution in [-0.2, 0) is 15.4 Å². The maximum Gasteiger partial charge on any atom is 0.261 e. The third kappa shape index (κ3) is 4.90. The minimum Gasteiger partial charge on any atom is -0.243 e. The van der Waals surface area contributed by atoms with Gasteiger partial charge in [0.15, 0.2) is 5.03 Å². The maximum atomic E-state index is 13.5. The molecule has 33 heavy (non-hydrogen) atoms. The van der Waals surface area contributed by atoms with Gasteiger partial charge in [0, 0.05) is 18.8 Å². The van der Waals surface area contributed by atoms with Crippen molar-refractivity contribution in [3.8, 4) is 11.1 Å². The summed E-state index contributed by atoms with van der Waals surface area (Å²) < 4.78 is 28.5. The zero-order valence-corrected chi connectivity index (χ0v) is 21.1. The van der Waals surface area contributed by atoms with Gasteiger partial charge in [0.25, 0.3) is 10.0 Å². The summed E-state index contributed by atoms with van der Waals surface area (Å²) in [6.45, 7) is 8.67. The van der Waals surface area contributed by atoms with Crippen molar-refractivity contribution in [2.24, 2.45) is 0 Å². The van der Waals surface area contributed by atoms with Crippen molar-refractivity contribution in [2.45, 2.75) is 69.9 Å². The number of benzene rings is 1. The summed E-state index contributed by atoms with van der Waals surface area (Å²) in [6, 6.07) is 9.72. The predicted octanol–water partition coefficient (Wildman–Crippen LogP) is 6.34. The summed E-state index contributed by atoms with van der Waals surface area (Å²) in [7, 11) is -2.07. The van der Waals surface area contributed by atoms with Gasteiger partial charge in [-0.05, 0) is 72.4 Å². The highest BCUT2D eigenvalue weighted by atomic mass is 32.2. The minimum atomic E-state index is -3.73. The number of nitrogens with zero attached hydrogens (tertiary/aromatic N) is 2. The van der Waals surface area contributed by atoms with Crippen LogP contribution in [0.2, 0.25) is 0 Å². The van der Waals surface area contributed by atoms with Crippen LogP contribution < -0.4 is 0 Å². The van der Waals surface area contributed by atoms with Crippen molar-refractivity contribution in [1.29, 1.82) is 0 Å². The normalized spacial score (nSPS) is 19.0. The molecule has 0 saturated carbocycles. The molecule has 0 fully saturated rings. The van der Waals surface area contributed by atoms with Gasteiger partial charge in [0.05, 0.1) is 6.04 Å². The van der Waals surface area contributed by atoms with Crippen LogP contribution in [0.5, 0.6) is 0 Å². The molecule has 0 amide bonds. The number of pyridine rings is 1. The van der Waals surface area contributed by atoms with E-state index in [9.17, 15) is 8.42 Å². The predicted molar refractivity (Wildman–Crippen MR) is 136 cm³/mol. The van der Waals surface area contributed by atoms with Crippen molar-refractivity contribution < 1.29 is 8.42 Å². The Bertz CT molecular complexity index is 1230. The molecule has 0 spiro atoms. The number of hydrogen-bond acceptors (Lipinski definition) is 3. The fourth-order valence-electron chi connectivity index (χ4n) is 4.66. The van der Waals surface area contributed by atoms with Gasteiger partial charge in [-0.3, -0.25) is 0 Å². The van der Waals surface area contributed by atoms with Crippen LogP contribution in [0.4, 0.5) is 0 Å². The largest absolute Gasteiger partial charge is 0.261 e. The summed E-state index contributed by atoms with van der Waals surface area (Å²) in [5, 5.41) is 0.0843. The lowest BCUT2D eigenvalue weighted by molar-refractivity contribution is 0.431. The summed E-state index contributed by atoms with van der Waals surface area (Å²) >= 11 is 0. The molecule has 0 aliphatic heterocycles. The highest BCUT2D eigenvalue weighted by Gasteiger charge is 2.32. The Morgan fingerprint density at radius 2 is 1.76 bits per heavy atom. The Morgan fingerprint density at radius 3 is 2.45 bits per heavy atom. The Balaban J connectivity index is 1.64. The number of rotatable bonds is 4. The first-order valence-corrected chi connectivity index (χ1v) is 13.1. The van der Waals surface area contributed by atoms with Crippen LogP contribution >= 0.6 is 0 Å². The molecular formula is C28H34N2O2S. The maximum absolute atomic E-state index is 13.5. The molecule has 0 saturated heterocycles. The second-order valence-corrected chi connectivity index (χ2v) is 12.1. The summed E-state index contributed by atoms with van der Waals surface area (Å²) in [4.78, 5) is 4.41. The average molecular weight is 463 g/mol. The fraction of sp³-hybridized carbons (Fsp3) is 0.393. The number of sulfonamides is 1. The number of aryl methyl sites for hydroxylation is 1. The molecule has 2 aromatic rings. The van der Waals surface area contributed by atoms with E-state index < -0.39 is 10.0 Å². The van der Waals surface area contributed by atoms with E-state index in [0.717, 1.165) is 36.8 Å². The van der Waals surface area contributed by atoms with Gasteiger partial charge in [-0.2, -0.15) is 4.31 Å². The number of hydrogen-bond donors (Lipinski definition) is 0. The lowest BCUT2D eigenvalue weighted by atomic mass is 9.84. The molecule has 1 heterocycles. The summed E-state index contributed by atoms with van der Waals surface area (Å²) in [6.07, 6.45) is 14.0. The zero-order chi connectivity index (χ0) is 23.8. The van der Waals surface area contributed by atoms with Crippen molar-refractivity contribution in [3.05, 3.63) is 83.1 Å². The van der Waals surface area contributed by atoms with Crippen LogP contribution in [0.3, 0.4) is 0 Å². The van der Waals surface area contributed by atoms with Crippen molar-refractivity contribution in [1.82, 2.24) is 9.29 Å². The van der Waals surface area contributed by atoms with E-state index in [-0.39, 0.29) is 16.5 Å². The summed E-state index contributed by atoms with van der Waals surface area (Å²) in [5.41, 5.74) is 6.92. The SMILES string of the molecule is Cc1cc(-c2ccc(S(=O)(=O)N(C)C3C=CC=CC4=C3CCCC4)nc2)cc(C(C)(C)C)c1. The molecule has 1 unspecified atom stereocenters. The molecule has 4 rings (SSSR count). The van der Waals surface area contributed by atoms with E-state index in [1.54, 1.807) is 19.3 Å². The van der Waals surface area contributed by atoms with Gasteiger partial charge in [0.1, 0.15) is 0 Å². The first-order chi connectivity index (χ1) is 15.6. The highest BCUT2D eigenvalue weighted by Crippen LogP contribution is 2.34. The second-order valence-electron chi connectivity index (χ2n) is 10.2. The third-order valence-corrected chi connectivity index (χ3v) is 8.42. The molecule has 1 aromatic heterocycles. The van der Waals surface area contributed by atoms with Gasteiger partial charge in [-0.1, -0.05) is 68.8 Å². The van der Waals surface area contributed by atoms with E-state index >= 15 is 0 Å². The van der Waals surface area contributed by atoms with E-state index in [4.69, 9.17) is 0 Å². The number of aromatic nitrogens is 1. The van der Waals surface area contributed by atoms with Crippen LogP contribution in [0.15, 0.2) is 77.0 Å². The molecule has 1 aromatic carbocycles. The molecule has 2 aliphatic rings. The second kappa shape index (κ2) is 9.03. The van der Waals surface area contributed by atoms with Gasteiger partial charge >= 0.3 is 0 Å². The van der Waals surface area contributed by atoms with Gasteiger partial charge < -0.3 is 0 Å². The Hall–Kier alpha value is -2.50. The molecule has 4 nitrogen and oxygen atoms in total. The van der Waals surface area contributed by atoms with Gasteiger partial charge in [-0.15, -0.1) is 0 Å². The van der Waals surface area contributed by atoms with Crippen LogP contribution in [0, 0.1) is 6.92 Å². The van der Waals surface area contributed by atoms with E-state index in [2.05, 4.69) is 57.0 Å². The number of likely N-dealkylation sites (N-methyl/N-ethyl adjacent to an activating group) is 1. The monoisotopic (exact) mass is 462 g/mol. The Labute approximate surface area is 198 Å². The van der Waals surface area contributed by atoms with Crippen LogP contribution in [0.25, 0.3) is 11.1 Å². The quantitative estimate of drug-likeness (QED) is 0.533. The smallest absolute Gasteiger partial charge is 0.243 e. The van der Waals surface area contributed by atoms with Crippen molar-refractivity contribution >= 4 is 10.0 Å². The lowest BCUT2D eigenvalue weighted by Crippen LogP contribution is -2.38. The van der Waals surface area contributed by atoms with Crippen molar-refractivity contribution in [3.63, 3.8) is 0 Å². The molecule has 174 valence electrons. The third-order valence-electron chi connectivity index (χ3n) is 6.66. The Morgan fingerprint density at radius 1 is 1.00 bits per heavy atom. The standard InChI is InChI=1S/C28H34N2O2S/c1-20-16-23(18-24(17-20)28(2,3)4)22-14-15-27(29-19-22)33(31,32)30(5)26-13-9-7-11-21-10-6-8-12-25(21)26/h7,9,11,13-19,26H,6,8,10,12H2,1-5H3. The van der Waals surface area contributed by atoms with Crippen molar-refractivity contribution in [2.75, 3.05) is 7.05 Å². The molecule has 2 aliphatic carbocycles. The van der Waals surface area contributed by atoms with Crippen LogP contribution in [0.1, 0.15) is 57.6 Å². The minimum absolute atomic E-state index is 0.0356. The lowest BCUT2D eigenvalue weighted by Gasteiger charge is -2.30. The molecule has 5 heteroatoms. The molecule has 0 radical (unpaired) electrons. The van der Waals surface area contributed by atoms with Gasteiger partial charge in [-0.25, -0.2) is 13.4 Å². The molecule has 0 bridgehead atoms. The van der Waals surface area contributed by atoms with E-state index in [1.807, 2.05) is 24.3 Å². The Kier molecular flexibility index (Phi) is 6.47.